The second kappa shape index (κ2) is 7.03. The highest BCUT2D eigenvalue weighted by molar-refractivity contribution is 6.24. The largest absolute Gasteiger partial charge is 0.316 e. The number of hydrogen-bond acceptors (Lipinski definition) is 6. The van der Waals surface area contributed by atoms with Crippen LogP contribution in [0.3, 0.4) is 0 Å². The highest BCUT2D eigenvalue weighted by atomic mass is 16.2. The lowest BCUT2D eigenvalue weighted by Crippen LogP contribution is -2.54. The Kier molecular flexibility index (Phi) is 4.48. The Morgan fingerprint density at radius 2 is 1.76 bits per heavy atom. The topological polar surface area (TPSA) is 108 Å². The summed E-state index contributed by atoms with van der Waals surface area (Å²) in [5, 5.41) is 9.33. The van der Waals surface area contributed by atoms with Gasteiger partial charge in [0.1, 0.15) is 6.04 Å². The van der Waals surface area contributed by atoms with Gasteiger partial charge in [0.25, 0.3) is 11.8 Å². The summed E-state index contributed by atoms with van der Waals surface area (Å²) in [7, 11) is 0. The molecule has 8 heteroatoms. The van der Waals surface area contributed by atoms with E-state index in [0.29, 0.717) is 35.5 Å². The lowest BCUT2D eigenvalue weighted by Gasteiger charge is -2.32. The highest BCUT2D eigenvalue weighted by Crippen LogP contribution is 2.34. The van der Waals surface area contributed by atoms with E-state index < -0.39 is 23.8 Å². The van der Waals surface area contributed by atoms with Gasteiger partial charge in [0.2, 0.25) is 11.8 Å². The molecule has 3 unspecified atom stereocenters. The fourth-order valence-corrected chi connectivity index (χ4v) is 5.38. The molecule has 1 aromatic carbocycles. The number of piperidine rings is 2. The summed E-state index contributed by atoms with van der Waals surface area (Å²) < 4.78 is 0. The van der Waals surface area contributed by atoms with E-state index in [1.165, 1.54) is 12.8 Å². The fourth-order valence-electron chi connectivity index (χ4n) is 5.38. The third-order valence-electron chi connectivity index (χ3n) is 6.82. The molecule has 3 fully saturated rings. The fraction of sp³-hybridized carbons (Fsp3) is 0.524. The summed E-state index contributed by atoms with van der Waals surface area (Å²) in [5.74, 6) is -0.648. The quantitative estimate of drug-likeness (QED) is 0.627. The molecule has 0 spiro atoms. The standard InChI is InChI=1S/C21H24N4O4/c26-16-7-6-15(19(27)24-16)25-20(28)14-3-1-2-11(17(14)21(25)29)10-23-18-12-4-5-13(18)9-22-8-12/h1-3,12-13,15,18,22-23H,4-10H2,(H,24,26,27). The average molecular weight is 396 g/mol. The Bertz CT molecular complexity index is 898. The molecule has 152 valence electrons. The summed E-state index contributed by atoms with van der Waals surface area (Å²) in [6.45, 7) is 2.55. The molecule has 4 aliphatic rings. The van der Waals surface area contributed by atoms with Gasteiger partial charge in [-0.1, -0.05) is 12.1 Å². The lowest BCUT2D eigenvalue weighted by atomic mass is 9.93. The monoisotopic (exact) mass is 396 g/mol. The van der Waals surface area contributed by atoms with Crippen LogP contribution in [0.25, 0.3) is 0 Å². The third kappa shape index (κ3) is 2.98. The number of benzene rings is 1. The first-order valence-corrected chi connectivity index (χ1v) is 10.3. The van der Waals surface area contributed by atoms with Crippen LogP contribution < -0.4 is 16.0 Å². The van der Waals surface area contributed by atoms with Crippen LogP contribution in [-0.2, 0) is 16.1 Å². The van der Waals surface area contributed by atoms with Crippen LogP contribution in [-0.4, -0.2) is 53.7 Å². The van der Waals surface area contributed by atoms with Crippen molar-refractivity contribution in [3.8, 4) is 0 Å². The van der Waals surface area contributed by atoms with Gasteiger partial charge in [-0.25, -0.2) is 0 Å². The summed E-state index contributed by atoms with van der Waals surface area (Å²) in [6.07, 6.45) is 2.71. The van der Waals surface area contributed by atoms with Gasteiger partial charge >= 0.3 is 0 Å². The Hall–Kier alpha value is -2.58. The summed E-state index contributed by atoms with van der Waals surface area (Å²) in [4.78, 5) is 50.8. The minimum Gasteiger partial charge on any atom is -0.316 e. The Labute approximate surface area is 168 Å². The van der Waals surface area contributed by atoms with Gasteiger partial charge in [-0.2, -0.15) is 0 Å². The van der Waals surface area contributed by atoms with Crippen molar-refractivity contribution in [3.05, 3.63) is 34.9 Å². The number of amides is 4. The van der Waals surface area contributed by atoms with Crippen LogP contribution >= 0.6 is 0 Å². The molecule has 2 bridgehead atoms. The number of hydrogen-bond donors (Lipinski definition) is 3. The molecule has 1 saturated carbocycles. The van der Waals surface area contributed by atoms with E-state index in [-0.39, 0.29) is 18.7 Å². The molecule has 1 aliphatic carbocycles. The predicted molar refractivity (Wildman–Crippen MR) is 103 cm³/mol. The van der Waals surface area contributed by atoms with Crippen molar-refractivity contribution in [1.29, 1.82) is 0 Å². The molecule has 3 N–H and O–H groups in total. The van der Waals surface area contributed by atoms with Gasteiger partial charge in [0.15, 0.2) is 0 Å². The van der Waals surface area contributed by atoms with Crippen LogP contribution in [0, 0.1) is 11.8 Å². The van der Waals surface area contributed by atoms with Crippen LogP contribution in [0.1, 0.15) is 52.0 Å². The number of carbonyl (C=O) groups is 4. The van der Waals surface area contributed by atoms with Crippen molar-refractivity contribution in [2.24, 2.45) is 11.8 Å². The lowest BCUT2D eigenvalue weighted by molar-refractivity contribution is -0.136. The maximum absolute atomic E-state index is 13.1. The van der Waals surface area contributed by atoms with Crippen LogP contribution in [0.5, 0.6) is 0 Å². The SMILES string of the molecule is O=C1CCC(N2C(=O)c3cccc(CNC4C5CCC4CNC5)c3C2=O)C(=O)N1. The molecular formula is C21H24N4O4. The van der Waals surface area contributed by atoms with Crippen molar-refractivity contribution in [3.63, 3.8) is 0 Å². The maximum atomic E-state index is 13.1. The maximum Gasteiger partial charge on any atom is 0.262 e. The number of rotatable bonds is 4. The molecule has 1 aromatic rings. The van der Waals surface area contributed by atoms with Crippen LogP contribution in [0.15, 0.2) is 18.2 Å². The molecule has 3 atom stereocenters. The van der Waals surface area contributed by atoms with Crippen LogP contribution in [0.2, 0.25) is 0 Å². The Morgan fingerprint density at radius 1 is 1.00 bits per heavy atom. The Balaban J connectivity index is 1.38. The highest BCUT2D eigenvalue weighted by Gasteiger charge is 2.45. The molecule has 3 aliphatic heterocycles. The summed E-state index contributed by atoms with van der Waals surface area (Å²) in [5.41, 5.74) is 1.51. The van der Waals surface area contributed by atoms with Gasteiger partial charge in [0.05, 0.1) is 11.1 Å². The second-order valence-electron chi connectivity index (χ2n) is 8.45. The number of fused-ring (bicyclic) bond motifs is 3. The molecule has 8 nitrogen and oxygen atoms in total. The van der Waals surface area contributed by atoms with Gasteiger partial charge in [0, 0.05) is 19.0 Å². The summed E-state index contributed by atoms with van der Waals surface area (Å²) >= 11 is 0. The minimum absolute atomic E-state index is 0.122. The zero-order valence-corrected chi connectivity index (χ0v) is 16.1. The van der Waals surface area contributed by atoms with Crippen molar-refractivity contribution >= 4 is 23.6 Å². The van der Waals surface area contributed by atoms with E-state index in [4.69, 9.17) is 0 Å². The first kappa shape index (κ1) is 18.4. The molecule has 29 heavy (non-hydrogen) atoms. The molecule has 3 heterocycles. The molecular weight excluding hydrogens is 372 g/mol. The number of carbonyl (C=O) groups excluding carboxylic acids is 4. The van der Waals surface area contributed by atoms with Gasteiger partial charge < -0.3 is 10.6 Å². The van der Waals surface area contributed by atoms with E-state index in [2.05, 4.69) is 16.0 Å². The zero-order valence-electron chi connectivity index (χ0n) is 16.1. The van der Waals surface area contributed by atoms with Crippen molar-refractivity contribution < 1.29 is 19.2 Å². The van der Waals surface area contributed by atoms with E-state index in [1.54, 1.807) is 12.1 Å². The number of imide groups is 2. The average Bonchev–Trinajstić information content (AvgIpc) is 3.08. The first-order valence-electron chi connectivity index (χ1n) is 10.3. The van der Waals surface area contributed by atoms with Gasteiger partial charge in [-0.3, -0.25) is 29.4 Å². The predicted octanol–water partition coefficient (Wildman–Crippen LogP) is 0.175. The number of nitrogens with zero attached hydrogens (tertiary/aromatic N) is 1. The number of nitrogens with one attached hydrogen (secondary N) is 3. The summed E-state index contributed by atoms with van der Waals surface area (Å²) in [6, 6.07) is 4.78. The van der Waals surface area contributed by atoms with Crippen molar-refractivity contribution in [2.75, 3.05) is 13.1 Å². The molecule has 5 rings (SSSR count). The van der Waals surface area contributed by atoms with E-state index in [1.807, 2.05) is 6.07 Å². The van der Waals surface area contributed by atoms with Gasteiger partial charge in [-0.05, 0) is 55.8 Å². The molecule has 4 amide bonds. The normalized spacial score (nSPS) is 31.2. The zero-order chi connectivity index (χ0) is 20.1. The van der Waals surface area contributed by atoms with E-state index in [0.717, 1.165) is 23.6 Å². The third-order valence-corrected chi connectivity index (χ3v) is 6.82. The van der Waals surface area contributed by atoms with Crippen molar-refractivity contribution in [1.82, 2.24) is 20.9 Å². The smallest absolute Gasteiger partial charge is 0.262 e. The van der Waals surface area contributed by atoms with Crippen molar-refractivity contribution in [2.45, 2.75) is 44.3 Å². The molecule has 0 aromatic heterocycles. The second-order valence-corrected chi connectivity index (χ2v) is 8.45. The van der Waals surface area contributed by atoms with E-state index >= 15 is 0 Å². The van der Waals surface area contributed by atoms with E-state index in [9.17, 15) is 19.2 Å². The first-order chi connectivity index (χ1) is 14.0. The molecule has 0 radical (unpaired) electrons. The Morgan fingerprint density at radius 3 is 2.48 bits per heavy atom. The molecule has 2 saturated heterocycles. The van der Waals surface area contributed by atoms with Crippen LogP contribution in [0.4, 0.5) is 0 Å². The minimum atomic E-state index is -0.929. The van der Waals surface area contributed by atoms with Gasteiger partial charge in [-0.15, -0.1) is 0 Å².